The third kappa shape index (κ3) is 4.24. The molecule has 0 N–H and O–H groups in total. The standard InChI is InChI=1S/C10H13F7O2/c1-2-3-4-5-6-19-7(18)8(11,12)9(13,14)10(15,16)17/h2-6H2,1H3. The summed E-state index contributed by atoms with van der Waals surface area (Å²) in [4.78, 5) is 10.6. The Labute approximate surface area is 104 Å². The van der Waals surface area contributed by atoms with Crippen molar-refractivity contribution in [2.45, 2.75) is 50.6 Å². The molecule has 0 rings (SSSR count). The van der Waals surface area contributed by atoms with Crippen molar-refractivity contribution in [3.05, 3.63) is 0 Å². The van der Waals surface area contributed by atoms with Crippen LogP contribution in [-0.4, -0.2) is 30.6 Å². The van der Waals surface area contributed by atoms with E-state index in [-0.39, 0.29) is 6.42 Å². The maximum atomic E-state index is 12.7. The summed E-state index contributed by atoms with van der Waals surface area (Å²) in [6.45, 7) is 1.21. The number of carbonyl (C=O) groups excluding carboxylic acids is 1. The van der Waals surface area contributed by atoms with Gasteiger partial charge in [-0.1, -0.05) is 26.2 Å². The number of ether oxygens (including phenoxy) is 1. The van der Waals surface area contributed by atoms with Crippen molar-refractivity contribution in [2.75, 3.05) is 6.61 Å². The Bertz CT molecular complexity index is 299. The molecule has 0 fully saturated rings. The highest BCUT2D eigenvalue weighted by Gasteiger charge is 2.77. The number of hydrogen-bond acceptors (Lipinski definition) is 2. The smallest absolute Gasteiger partial charge is 0.460 e. The predicted molar refractivity (Wildman–Crippen MR) is 51.1 cm³/mol. The van der Waals surface area contributed by atoms with E-state index in [1.165, 1.54) is 0 Å². The van der Waals surface area contributed by atoms with Crippen LogP contribution < -0.4 is 0 Å². The molecule has 9 heteroatoms. The zero-order chi connectivity index (χ0) is 15.3. The van der Waals surface area contributed by atoms with Gasteiger partial charge in [0.15, 0.2) is 0 Å². The Morgan fingerprint density at radius 3 is 1.89 bits per heavy atom. The van der Waals surface area contributed by atoms with Crippen LogP contribution in [0.25, 0.3) is 0 Å². The summed E-state index contributed by atoms with van der Waals surface area (Å²) in [5, 5.41) is 0. The van der Waals surface area contributed by atoms with Crippen LogP contribution in [0.5, 0.6) is 0 Å². The van der Waals surface area contributed by atoms with Crippen LogP contribution in [0.3, 0.4) is 0 Å². The van der Waals surface area contributed by atoms with Gasteiger partial charge in [-0.15, -0.1) is 0 Å². The van der Waals surface area contributed by atoms with E-state index in [0.717, 1.165) is 6.42 Å². The second-order valence-corrected chi connectivity index (χ2v) is 3.84. The lowest BCUT2D eigenvalue weighted by Crippen LogP contribution is -2.56. The Kier molecular flexibility index (Phi) is 6.08. The molecule has 114 valence electrons. The third-order valence-electron chi connectivity index (χ3n) is 2.24. The van der Waals surface area contributed by atoms with E-state index < -0.39 is 30.6 Å². The molecule has 0 unspecified atom stereocenters. The molecule has 0 radical (unpaired) electrons. The van der Waals surface area contributed by atoms with Crippen LogP contribution in [0, 0.1) is 0 Å². The quantitative estimate of drug-likeness (QED) is 0.404. The molecule has 0 heterocycles. The highest BCUT2D eigenvalue weighted by molar-refractivity contribution is 5.79. The molecule has 0 aromatic rings. The average Bonchev–Trinajstić information content (AvgIpc) is 2.26. The Morgan fingerprint density at radius 1 is 0.947 bits per heavy atom. The van der Waals surface area contributed by atoms with Gasteiger partial charge in [0.1, 0.15) is 0 Å². The first-order chi connectivity index (χ1) is 8.48. The van der Waals surface area contributed by atoms with E-state index in [1.807, 2.05) is 6.92 Å². The molecule has 0 amide bonds. The zero-order valence-corrected chi connectivity index (χ0v) is 10.00. The molecule has 19 heavy (non-hydrogen) atoms. The van der Waals surface area contributed by atoms with Crippen LogP contribution in [-0.2, 0) is 9.53 Å². The number of unbranched alkanes of at least 4 members (excludes halogenated alkanes) is 3. The van der Waals surface area contributed by atoms with E-state index in [0.29, 0.717) is 12.8 Å². The number of esters is 1. The molecule has 0 bridgehead atoms. The van der Waals surface area contributed by atoms with Crippen LogP contribution in [0.2, 0.25) is 0 Å². The van der Waals surface area contributed by atoms with Crippen LogP contribution in [0.1, 0.15) is 32.6 Å². The van der Waals surface area contributed by atoms with Crippen LogP contribution in [0.4, 0.5) is 30.7 Å². The predicted octanol–water partition coefficient (Wildman–Crippen LogP) is 3.94. The molecule has 2 nitrogen and oxygen atoms in total. The van der Waals surface area contributed by atoms with Crippen molar-refractivity contribution < 1.29 is 40.3 Å². The van der Waals surface area contributed by atoms with E-state index in [9.17, 15) is 35.5 Å². The highest BCUT2D eigenvalue weighted by atomic mass is 19.4. The fourth-order valence-electron chi connectivity index (χ4n) is 1.09. The maximum absolute atomic E-state index is 12.7. The summed E-state index contributed by atoms with van der Waals surface area (Å²) in [7, 11) is 0. The number of rotatable bonds is 7. The van der Waals surface area contributed by atoms with Crippen molar-refractivity contribution in [1.29, 1.82) is 0 Å². The van der Waals surface area contributed by atoms with Gasteiger partial charge in [-0.05, 0) is 6.42 Å². The minimum Gasteiger partial charge on any atom is -0.461 e. The minimum atomic E-state index is -6.53. The molecule has 0 aliphatic heterocycles. The Hall–Kier alpha value is -1.02. The molecule has 0 spiro atoms. The van der Waals surface area contributed by atoms with E-state index in [2.05, 4.69) is 4.74 Å². The third-order valence-corrected chi connectivity index (χ3v) is 2.24. The van der Waals surface area contributed by atoms with Gasteiger partial charge in [0, 0.05) is 0 Å². The summed E-state index contributed by atoms with van der Waals surface area (Å²) in [6.07, 6.45) is -4.43. The molecular weight excluding hydrogens is 285 g/mol. The number of halogens is 7. The second kappa shape index (κ2) is 6.42. The topological polar surface area (TPSA) is 26.3 Å². The molecule has 0 aromatic carbocycles. The van der Waals surface area contributed by atoms with Gasteiger partial charge in [0.25, 0.3) is 0 Å². The van der Waals surface area contributed by atoms with Gasteiger partial charge in [-0.3, -0.25) is 0 Å². The first-order valence-corrected chi connectivity index (χ1v) is 5.48. The van der Waals surface area contributed by atoms with Gasteiger partial charge >= 0.3 is 24.0 Å². The fraction of sp³-hybridized carbons (Fsp3) is 0.900. The van der Waals surface area contributed by atoms with E-state index >= 15 is 0 Å². The highest BCUT2D eigenvalue weighted by Crippen LogP contribution is 2.46. The van der Waals surface area contributed by atoms with Gasteiger partial charge < -0.3 is 4.74 Å². The maximum Gasteiger partial charge on any atom is 0.460 e. The van der Waals surface area contributed by atoms with Crippen molar-refractivity contribution in [3.8, 4) is 0 Å². The molecule has 0 aliphatic carbocycles. The lowest BCUT2D eigenvalue weighted by molar-refractivity contribution is -0.348. The normalized spacial score (nSPS) is 13.5. The monoisotopic (exact) mass is 298 g/mol. The summed E-state index contributed by atoms with van der Waals surface area (Å²) < 4.78 is 89.3. The van der Waals surface area contributed by atoms with E-state index in [4.69, 9.17) is 0 Å². The lowest BCUT2D eigenvalue weighted by atomic mass is 10.1. The van der Waals surface area contributed by atoms with Crippen molar-refractivity contribution in [1.82, 2.24) is 0 Å². The van der Waals surface area contributed by atoms with Crippen LogP contribution >= 0.6 is 0 Å². The van der Waals surface area contributed by atoms with Crippen LogP contribution in [0.15, 0.2) is 0 Å². The van der Waals surface area contributed by atoms with Crippen molar-refractivity contribution in [3.63, 3.8) is 0 Å². The minimum absolute atomic E-state index is 0.118. The van der Waals surface area contributed by atoms with Gasteiger partial charge in [0.05, 0.1) is 6.61 Å². The van der Waals surface area contributed by atoms with Crippen molar-refractivity contribution >= 4 is 5.97 Å². The first kappa shape index (κ1) is 18.0. The summed E-state index contributed by atoms with van der Waals surface area (Å²) in [5.41, 5.74) is 0. The largest absolute Gasteiger partial charge is 0.461 e. The SMILES string of the molecule is CCCCCCOC(=O)C(F)(F)C(F)(F)C(F)(F)F. The van der Waals surface area contributed by atoms with E-state index in [1.54, 1.807) is 0 Å². The number of hydrogen-bond donors (Lipinski definition) is 0. The summed E-state index contributed by atoms with van der Waals surface area (Å²) >= 11 is 0. The second-order valence-electron chi connectivity index (χ2n) is 3.84. The van der Waals surface area contributed by atoms with Gasteiger partial charge in [-0.25, -0.2) is 4.79 Å². The molecule has 0 saturated carbocycles. The molecule has 0 aromatic heterocycles. The summed E-state index contributed by atoms with van der Waals surface area (Å²) in [5.74, 6) is -15.3. The average molecular weight is 298 g/mol. The number of alkyl halides is 7. The number of carbonyl (C=O) groups is 1. The molecule has 0 saturated heterocycles. The summed E-state index contributed by atoms with van der Waals surface area (Å²) in [6, 6.07) is 0. The Morgan fingerprint density at radius 2 is 1.47 bits per heavy atom. The van der Waals surface area contributed by atoms with Gasteiger partial charge in [-0.2, -0.15) is 30.7 Å². The molecule has 0 atom stereocenters. The zero-order valence-electron chi connectivity index (χ0n) is 10.00. The first-order valence-electron chi connectivity index (χ1n) is 5.48. The fourth-order valence-corrected chi connectivity index (χ4v) is 1.09. The lowest BCUT2D eigenvalue weighted by Gasteiger charge is -2.26. The Balaban J connectivity index is 4.52. The van der Waals surface area contributed by atoms with Gasteiger partial charge in [0.2, 0.25) is 0 Å². The van der Waals surface area contributed by atoms with Crippen molar-refractivity contribution in [2.24, 2.45) is 0 Å². The molecule has 0 aliphatic rings. The molecular formula is C10H13F7O2.